The highest BCUT2D eigenvalue weighted by Gasteiger charge is 2.04. The van der Waals surface area contributed by atoms with Crippen molar-refractivity contribution in [2.75, 3.05) is 12.4 Å². The maximum absolute atomic E-state index is 5.17. The van der Waals surface area contributed by atoms with Crippen molar-refractivity contribution in [1.82, 2.24) is 4.98 Å². The van der Waals surface area contributed by atoms with E-state index in [0.717, 1.165) is 28.3 Å². The maximum Gasteiger partial charge on any atom is 0.134 e. The second-order valence-corrected chi connectivity index (χ2v) is 5.20. The largest absolute Gasteiger partial charge is 0.497 e. The summed E-state index contributed by atoms with van der Waals surface area (Å²) < 4.78 is 5.17. The lowest BCUT2D eigenvalue weighted by Crippen LogP contribution is -1.97. The molecule has 0 aliphatic rings. The monoisotopic (exact) mass is 278 g/mol. The van der Waals surface area contributed by atoms with E-state index in [4.69, 9.17) is 9.72 Å². The molecule has 3 heteroatoms. The van der Waals surface area contributed by atoms with Gasteiger partial charge in [0.15, 0.2) is 0 Å². The first-order valence-electron chi connectivity index (χ1n) is 6.95. The van der Waals surface area contributed by atoms with Crippen LogP contribution in [0.25, 0.3) is 10.9 Å². The standard InChI is InChI=1S/C18H18N2O/c1-12-4-5-14-11-13(2)18(20-17(14)10-12)19-15-6-8-16(21-3)9-7-15/h4-11H,1-3H3,(H,19,20). The highest BCUT2D eigenvalue weighted by molar-refractivity contribution is 5.83. The van der Waals surface area contributed by atoms with Gasteiger partial charge in [-0.25, -0.2) is 4.98 Å². The van der Waals surface area contributed by atoms with E-state index in [1.807, 2.05) is 24.3 Å². The molecule has 0 saturated heterocycles. The minimum absolute atomic E-state index is 0.847. The Hall–Kier alpha value is -2.55. The van der Waals surface area contributed by atoms with E-state index in [1.54, 1.807) is 7.11 Å². The van der Waals surface area contributed by atoms with Gasteiger partial charge >= 0.3 is 0 Å². The Morgan fingerprint density at radius 3 is 2.43 bits per heavy atom. The smallest absolute Gasteiger partial charge is 0.134 e. The van der Waals surface area contributed by atoms with Crippen molar-refractivity contribution in [2.45, 2.75) is 13.8 Å². The molecule has 0 aliphatic carbocycles. The molecule has 3 rings (SSSR count). The lowest BCUT2D eigenvalue weighted by molar-refractivity contribution is 0.415. The number of methoxy groups -OCH3 is 1. The Kier molecular flexibility index (Phi) is 3.48. The van der Waals surface area contributed by atoms with Crippen LogP contribution in [0.3, 0.4) is 0 Å². The highest BCUT2D eigenvalue weighted by atomic mass is 16.5. The van der Waals surface area contributed by atoms with Crippen LogP contribution >= 0.6 is 0 Å². The van der Waals surface area contributed by atoms with Gasteiger partial charge in [0.1, 0.15) is 11.6 Å². The number of aryl methyl sites for hydroxylation is 2. The molecule has 1 aromatic heterocycles. The van der Waals surface area contributed by atoms with Crippen molar-refractivity contribution in [2.24, 2.45) is 0 Å². The molecule has 106 valence electrons. The van der Waals surface area contributed by atoms with Crippen LogP contribution in [0.1, 0.15) is 11.1 Å². The zero-order valence-electron chi connectivity index (χ0n) is 12.5. The van der Waals surface area contributed by atoms with Gasteiger partial charge < -0.3 is 10.1 Å². The van der Waals surface area contributed by atoms with E-state index >= 15 is 0 Å². The SMILES string of the molecule is COc1ccc(Nc2nc3cc(C)ccc3cc2C)cc1. The number of nitrogens with zero attached hydrogens (tertiary/aromatic N) is 1. The van der Waals surface area contributed by atoms with E-state index < -0.39 is 0 Å². The van der Waals surface area contributed by atoms with Crippen LogP contribution in [0.15, 0.2) is 48.5 Å². The van der Waals surface area contributed by atoms with Crippen LogP contribution in [-0.2, 0) is 0 Å². The number of ether oxygens (including phenoxy) is 1. The van der Waals surface area contributed by atoms with Gasteiger partial charge in [0, 0.05) is 11.1 Å². The van der Waals surface area contributed by atoms with Gasteiger partial charge in [-0.15, -0.1) is 0 Å². The number of nitrogens with one attached hydrogen (secondary N) is 1. The molecular weight excluding hydrogens is 260 g/mol. The topological polar surface area (TPSA) is 34.1 Å². The summed E-state index contributed by atoms with van der Waals surface area (Å²) in [5, 5.41) is 4.53. The predicted octanol–water partition coefficient (Wildman–Crippen LogP) is 4.60. The fourth-order valence-corrected chi connectivity index (χ4v) is 2.32. The van der Waals surface area contributed by atoms with E-state index in [-0.39, 0.29) is 0 Å². The molecule has 0 saturated carbocycles. The summed E-state index contributed by atoms with van der Waals surface area (Å²) in [5.41, 5.74) is 4.35. The summed E-state index contributed by atoms with van der Waals surface area (Å²) >= 11 is 0. The zero-order valence-corrected chi connectivity index (χ0v) is 12.5. The molecule has 0 unspecified atom stereocenters. The number of benzene rings is 2. The molecule has 1 heterocycles. The van der Waals surface area contributed by atoms with Crippen molar-refractivity contribution < 1.29 is 4.74 Å². The Morgan fingerprint density at radius 1 is 0.952 bits per heavy atom. The van der Waals surface area contributed by atoms with Gasteiger partial charge in [-0.3, -0.25) is 0 Å². The average Bonchev–Trinajstić information content (AvgIpc) is 2.49. The molecule has 2 aromatic carbocycles. The third-order valence-corrected chi connectivity index (χ3v) is 3.52. The van der Waals surface area contributed by atoms with Crippen LogP contribution in [0.4, 0.5) is 11.5 Å². The molecule has 0 amide bonds. The fourth-order valence-electron chi connectivity index (χ4n) is 2.32. The minimum Gasteiger partial charge on any atom is -0.497 e. The van der Waals surface area contributed by atoms with Crippen LogP contribution in [0.5, 0.6) is 5.75 Å². The first-order chi connectivity index (χ1) is 10.2. The van der Waals surface area contributed by atoms with Gasteiger partial charge in [0.05, 0.1) is 12.6 Å². The molecule has 3 aromatic rings. The second kappa shape index (κ2) is 5.44. The van der Waals surface area contributed by atoms with Crippen LogP contribution in [0, 0.1) is 13.8 Å². The minimum atomic E-state index is 0.847. The zero-order chi connectivity index (χ0) is 14.8. The van der Waals surface area contributed by atoms with Crippen molar-refractivity contribution in [3.05, 3.63) is 59.7 Å². The van der Waals surface area contributed by atoms with Crippen molar-refractivity contribution >= 4 is 22.4 Å². The molecule has 0 radical (unpaired) electrons. The van der Waals surface area contributed by atoms with Gasteiger partial charge in [-0.1, -0.05) is 12.1 Å². The highest BCUT2D eigenvalue weighted by Crippen LogP contribution is 2.24. The Bertz CT molecular complexity index is 779. The third kappa shape index (κ3) is 2.82. The van der Waals surface area contributed by atoms with Crippen molar-refractivity contribution in [3.8, 4) is 5.75 Å². The molecule has 3 nitrogen and oxygen atoms in total. The molecule has 0 spiro atoms. The maximum atomic E-state index is 5.17. The molecular formula is C18H18N2O. The van der Waals surface area contributed by atoms with E-state index in [9.17, 15) is 0 Å². The molecule has 0 atom stereocenters. The van der Waals surface area contributed by atoms with Gasteiger partial charge in [-0.05, 0) is 61.4 Å². The van der Waals surface area contributed by atoms with E-state index in [1.165, 1.54) is 10.9 Å². The third-order valence-electron chi connectivity index (χ3n) is 3.52. The molecule has 0 fully saturated rings. The summed E-state index contributed by atoms with van der Waals surface area (Å²) in [6.45, 7) is 4.15. The Balaban J connectivity index is 1.96. The summed E-state index contributed by atoms with van der Waals surface area (Å²) in [4.78, 5) is 4.73. The molecule has 0 aliphatic heterocycles. The van der Waals surface area contributed by atoms with Crippen molar-refractivity contribution in [1.29, 1.82) is 0 Å². The van der Waals surface area contributed by atoms with E-state index in [2.05, 4.69) is 43.4 Å². The number of pyridine rings is 1. The van der Waals surface area contributed by atoms with Gasteiger partial charge in [0.25, 0.3) is 0 Å². The van der Waals surface area contributed by atoms with Crippen molar-refractivity contribution in [3.63, 3.8) is 0 Å². The van der Waals surface area contributed by atoms with Gasteiger partial charge in [0.2, 0.25) is 0 Å². The average molecular weight is 278 g/mol. The van der Waals surface area contributed by atoms with E-state index in [0.29, 0.717) is 0 Å². The Labute approximate surface area is 124 Å². The number of hydrogen-bond acceptors (Lipinski definition) is 3. The molecule has 0 bridgehead atoms. The first kappa shape index (κ1) is 13.4. The Morgan fingerprint density at radius 2 is 1.71 bits per heavy atom. The number of rotatable bonds is 3. The molecule has 21 heavy (non-hydrogen) atoms. The summed E-state index contributed by atoms with van der Waals surface area (Å²) in [6.07, 6.45) is 0. The first-order valence-corrected chi connectivity index (χ1v) is 6.95. The predicted molar refractivity (Wildman–Crippen MR) is 87.5 cm³/mol. The fraction of sp³-hybridized carbons (Fsp3) is 0.167. The lowest BCUT2D eigenvalue weighted by Gasteiger charge is -2.11. The number of anilines is 2. The number of aromatic nitrogens is 1. The van der Waals surface area contributed by atoms with Crippen LogP contribution in [-0.4, -0.2) is 12.1 Å². The van der Waals surface area contributed by atoms with Gasteiger partial charge in [-0.2, -0.15) is 0 Å². The lowest BCUT2D eigenvalue weighted by atomic mass is 10.1. The van der Waals surface area contributed by atoms with Crippen LogP contribution < -0.4 is 10.1 Å². The quantitative estimate of drug-likeness (QED) is 0.760. The summed E-state index contributed by atoms with van der Waals surface area (Å²) in [6, 6.07) is 16.3. The second-order valence-electron chi connectivity index (χ2n) is 5.20. The molecule has 1 N–H and O–H groups in total. The normalized spacial score (nSPS) is 10.6. The number of hydrogen-bond donors (Lipinski definition) is 1. The summed E-state index contributed by atoms with van der Waals surface area (Å²) in [5.74, 6) is 1.73. The number of fused-ring (bicyclic) bond motifs is 1. The summed E-state index contributed by atoms with van der Waals surface area (Å²) in [7, 11) is 1.67. The van der Waals surface area contributed by atoms with Crippen LogP contribution in [0.2, 0.25) is 0 Å².